The molecule has 54 valence electrons. The minimum absolute atomic E-state index is 0.298. The topological polar surface area (TPSA) is 68.9 Å². The molecule has 0 radical (unpaired) electrons. The Morgan fingerprint density at radius 3 is 2.64 bits per heavy atom. The van der Waals surface area contributed by atoms with E-state index in [1.165, 1.54) is 12.4 Å². The highest BCUT2D eigenvalue weighted by atomic mass is 16.1. The summed E-state index contributed by atoms with van der Waals surface area (Å²) < 4.78 is 0. The number of amides is 1. The zero-order chi connectivity index (χ0) is 8.10. The molecular weight excluding hydrogens is 142 g/mol. The monoisotopic (exact) mass is 147 g/mol. The van der Waals surface area contributed by atoms with Crippen LogP contribution in [0.15, 0.2) is 18.5 Å². The van der Waals surface area contributed by atoms with Crippen LogP contribution in [-0.2, 0) is 4.79 Å². The van der Waals surface area contributed by atoms with Gasteiger partial charge in [-0.25, -0.2) is 9.97 Å². The second kappa shape index (κ2) is 3.32. The van der Waals surface area contributed by atoms with Crippen LogP contribution in [0.25, 0.3) is 0 Å². The van der Waals surface area contributed by atoms with E-state index in [0.717, 1.165) is 0 Å². The molecule has 0 saturated carbocycles. The van der Waals surface area contributed by atoms with Crippen LogP contribution in [0.3, 0.4) is 0 Å². The second-order valence-electron chi connectivity index (χ2n) is 1.69. The van der Waals surface area contributed by atoms with Crippen molar-refractivity contribution in [2.45, 2.75) is 0 Å². The molecule has 1 heterocycles. The lowest BCUT2D eigenvalue weighted by Crippen LogP contribution is -2.06. The summed E-state index contributed by atoms with van der Waals surface area (Å²) in [5.74, 6) is 4.14. The van der Waals surface area contributed by atoms with Crippen molar-refractivity contribution in [3.05, 3.63) is 24.3 Å². The highest BCUT2D eigenvalue weighted by Gasteiger charge is 1.85. The molecule has 1 amide bonds. The average Bonchev–Trinajstić information content (AvgIpc) is 2.03. The molecule has 1 aromatic rings. The molecule has 0 saturated heterocycles. The maximum Gasteiger partial charge on any atom is 0.293 e. The van der Waals surface area contributed by atoms with Crippen LogP contribution in [0, 0.1) is 11.8 Å². The van der Waals surface area contributed by atoms with Gasteiger partial charge in [-0.2, -0.15) is 0 Å². The van der Waals surface area contributed by atoms with Crippen LogP contribution in [0.5, 0.6) is 0 Å². The van der Waals surface area contributed by atoms with Crippen LogP contribution in [0.1, 0.15) is 5.82 Å². The van der Waals surface area contributed by atoms with Gasteiger partial charge in [0.2, 0.25) is 5.82 Å². The van der Waals surface area contributed by atoms with E-state index in [1.807, 2.05) is 0 Å². The van der Waals surface area contributed by atoms with E-state index in [-0.39, 0.29) is 0 Å². The van der Waals surface area contributed by atoms with Gasteiger partial charge in [0.25, 0.3) is 5.91 Å². The van der Waals surface area contributed by atoms with E-state index in [1.54, 1.807) is 6.07 Å². The summed E-state index contributed by atoms with van der Waals surface area (Å²) in [7, 11) is 0. The van der Waals surface area contributed by atoms with E-state index in [4.69, 9.17) is 5.73 Å². The van der Waals surface area contributed by atoms with Gasteiger partial charge in [0.15, 0.2) is 0 Å². The molecule has 0 aliphatic rings. The largest absolute Gasteiger partial charge is 0.359 e. The van der Waals surface area contributed by atoms with Crippen LogP contribution in [0.2, 0.25) is 0 Å². The first-order valence-corrected chi connectivity index (χ1v) is 2.87. The van der Waals surface area contributed by atoms with Gasteiger partial charge in [0.1, 0.15) is 0 Å². The van der Waals surface area contributed by atoms with Gasteiger partial charge >= 0.3 is 0 Å². The molecule has 2 N–H and O–H groups in total. The average molecular weight is 147 g/mol. The summed E-state index contributed by atoms with van der Waals surface area (Å²) in [4.78, 5) is 17.7. The predicted octanol–water partition coefficient (Wildman–Crippen LogP) is -0.687. The molecule has 0 spiro atoms. The molecule has 1 rings (SSSR count). The van der Waals surface area contributed by atoms with Gasteiger partial charge in [0, 0.05) is 18.3 Å². The minimum atomic E-state index is -0.683. The minimum Gasteiger partial charge on any atom is -0.359 e. The Labute approximate surface area is 63.5 Å². The molecule has 0 bridgehead atoms. The summed E-state index contributed by atoms with van der Waals surface area (Å²) in [6.45, 7) is 0. The molecule has 11 heavy (non-hydrogen) atoms. The number of carbonyl (C=O) groups is 1. The third kappa shape index (κ3) is 2.45. The van der Waals surface area contributed by atoms with Crippen LogP contribution in [0.4, 0.5) is 0 Å². The smallest absolute Gasteiger partial charge is 0.293 e. The Hall–Kier alpha value is -1.89. The zero-order valence-corrected chi connectivity index (χ0v) is 5.61. The molecule has 4 nitrogen and oxygen atoms in total. The van der Waals surface area contributed by atoms with Crippen molar-refractivity contribution in [1.29, 1.82) is 0 Å². The molecule has 0 atom stereocenters. The van der Waals surface area contributed by atoms with E-state index in [9.17, 15) is 4.79 Å². The Balaban J connectivity index is 2.83. The van der Waals surface area contributed by atoms with Crippen molar-refractivity contribution in [2.24, 2.45) is 5.73 Å². The molecule has 0 aromatic carbocycles. The second-order valence-corrected chi connectivity index (χ2v) is 1.69. The molecule has 1 aromatic heterocycles. The van der Waals surface area contributed by atoms with Gasteiger partial charge in [-0.3, -0.25) is 4.79 Å². The van der Waals surface area contributed by atoms with Crippen molar-refractivity contribution in [2.75, 3.05) is 0 Å². The van der Waals surface area contributed by atoms with Crippen molar-refractivity contribution >= 4 is 5.91 Å². The lowest BCUT2D eigenvalue weighted by molar-refractivity contribution is -0.112. The fraction of sp³-hybridized carbons (Fsp3) is 0. The first kappa shape index (κ1) is 7.22. The Morgan fingerprint density at radius 2 is 2.09 bits per heavy atom. The standard InChI is InChI=1S/C7H5N3O/c8-6(11)2-3-7-9-4-1-5-10-7/h1,4-5H,(H2,8,11). The Bertz CT molecular complexity index is 309. The van der Waals surface area contributed by atoms with E-state index < -0.39 is 5.91 Å². The van der Waals surface area contributed by atoms with Gasteiger partial charge in [-0.1, -0.05) is 0 Å². The van der Waals surface area contributed by atoms with E-state index >= 15 is 0 Å². The van der Waals surface area contributed by atoms with Crippen molar-refractivity contribution in [3.8, 4) is 11.8 Å². The number of primary amides is 1. The number of nitrogens with two attached hydrogens (primary N) is 1. The number of aromatic nitrogens is 2. The fourth-order valence-corrected chi connectivity index (χ4v) is 0.481. The Kier molecular flexibility index (Phi) is 2.18. The zero-order valence-electron chi connectivity index (χ0n) is 5.61. The highest BCUT2D eigenvalue weighted by Crippen LogP contribution is 1.81. The maximum atomic E-state index is 10.2. The highest BCUT2D eigenvalue weighted by molar-refractivity contribution is 5.92. The summed E-state index contributed by atoms with van der Waals surface area (Å²) in [6, 6.07) is 1.66. The molecular formula is C7H5N3O. The predicted molar refractivity (Wildman–Crippen MR) is 38.1 cm³/mol. The normalized spacial score (nSPS) is 8.00. The maximum absolute atomic E-state index is 10.2. The van der Waals surface area contributed by atoms with Gasteiger partial charge in [0.05, 0.1) is 0 Å². The van der Waals surface area contributed by atoms with Crippen LogP contribution in [-0.4, -0.2) is 15.9 Å². The van der Waals surface area contributed by atoms with Crippen molar-refractivity contribution < 1.29 is 4.79 Å². The van der Waals surface area contributed by atoms with Crippen molar-refractivity contribution in [1.82, 2.24) is 9.97 Å². The third-order valence-corrected chi connectivity index (χ3v) is 0.863. The molecule has 0 aliphatic heterocycles. The van der Waals surface area contributed by atoms with E-state index in [2.05, 4.69) is 21.8 Å². The van der Waals surface area contributed by atoms with Crippen LogP contribution < -0.4 is 5.73 Å². The number of nitrogens with zero attached hydrogens (tertiary/aromatic N) is 2. The van der Waals surface area contributed by atoms with Gasteiger partial charge in [-0.05, 0) is 12.0 Å². The summed E-state index contributed by atoms with van der Waals surface area (Å²) in [5, 5.41) is 0. The molecule has 0 unspecified atom stereocenters. The Morgan fingerprint density at radius 1 is 1.45 bits per heavy atom. The third-order valence-electron chi connectivity index (χ3n) is 0.863. The first-order chi connectivity index (χ1) is 5.29. The van der Waals surface area contributed by atoms with Crippen LogP contribution >= 0.6 is 0 Å². The molecule has 0 fully saturated rings. The quantitative estimate of drug-likeness (QED) is 0.494. The van der Waals surface area contributed by atoms with Crippen molar-refractivity contribution in [3.63, 3.8) is 0 Å². The lowest BCUT2D eigenvalue weighted by atomic mass is 10.5. The molecule has 0 aliphatic carbocycles. The number of hydrogen-bond donors (Lipinski definition) is 1. The van der Waals surface area contributed by atoms with Gasteiger partial charge in [-0.15, -0.1) is 0 Å². The summed E-state index contributed by atoms with van der Waals surface area (Å²) in [6.07, 6.45) is 3.08. The molecule has 4 heteroatoms. The SMILES string of the molecule is NC(=O)C#Cc1ncccn1. The number of rotatable bonds is 0. The number of hydrogen-bond acceptors (Lipinski definition) is 3. The fourth-order valence-electron chi connectivity index (χ4n) is 0.481. The summed E-state index contributed by atoms with van der Waals surface area (Å²) in [5.41, 5.74) is 4.77. The number of carbonyl (C=O) groups excluding carboxylic acids is 1. The summed E-state index contributed by atoms with van der Waals surface area (Å²) >= 11 is 0. The van der Waals surface area contributed by atoms with Gasteiger partial charge < -0.3 is 5.73 Å². The lowest BCUT2D eigenvalue weighted by Gasteiger charge is -1.82. The van der Waals surface area contributed by atoms with E-state index in [0.29, 0.717) is 5.82 Å². The first-order valence-electron chi connectivity index (χ1n) is 2.87.